The fourth-order valence-corrected chi connectivity index (χ4v) is 0.836. The maximum absolute atomic E-state index is 11.1. The molecule has 0 fully saturated rings. The topological polar surface area (TPSA) is 184 Å². The number of aliphatic hydroxyl groups is 1. The van der Waals surface area contributed by atoms with E-state index in [0.717, 1.165) is 0 Å². The van der Waals surface area contributed by atoms with Gasteiger partial charge in [0.2, 0.25) is 6.10 Å². The number of nitrogens with two attached hydrogens (primary N) is 1. The van der Waals surface area contributed by atoms with Crippen molar-refractivity contribution in [3.05, 3.63) is 0 Å². The number of ether oxygens (including phenoxy) is 1. The molecule has 0 aromatic heterocycles. The number of rotatable bonds is 7. The fraction of sp³-hybridized carbons (Fsp3) is 0.500. The van der Waals surface area contributed by atoms with Gasteiger partial charge in [-0.15, -0.1) is 0 Å². The Morgan fingerprint density at radius 2 is 1.50 bits per heavy atom. The van der Waals surface area contributed by atoms with Gasteiger partial charge >= 0.3 is 23.9 Å². The molecule has 0 radical (unpaired) electrons. The van der Waals surface area contributed by atoms with Gasteiger partial charge in [-0.2, -0.15) is 0 Å². The van der Waals surface area contributed by atoms with Gasteiger partial charge in [0.15, 0.2) is 6.10 Å². The van der Waals surface area contributed by atoms with Gasteiger partial charge < -0.3 is 30.9 Å². The highest BCUT2D eigenvalue weighted by molar-refractivity contribution is 5.87. The molecule has 2 unspecified atom stereocenters. The van der Waals surface area contributed by atoms with Gasteiger partial charge in [-0.25, -0.2) is 9.59 Å². The summed E-state index contributed by atoms with van der Waals surface area (Å²) in [7, 11) is 0. The number of hydrogen-bond acceptors (Lipinski definition) is 7. The highest BCUT2D eigenvalue weighted by atomic mass is 16.6. The first kappa shape index (κ1) is 15.8. The fourth-order valence-electron chi connectivity index (χ4n) is 0.836. The van der Waals surface area contributed by atoms with E-state index in [1.165, 1.54) is 0 Å². The van der Waals surface area contributed by atoms with Crippen LogP contribution in [0.5, 0.6) is 0 Å². The summed E-state index contributed by atoms with van der Waals surface area (Å²) in [5, 5.41) is 34.2. The van der Waals surface area contributed by atoms with E-state index < -0.39 is 48.5 Å². The average molecular weight is 265 g/mol. The second kappa shape index (κ2) is 6.51. The SMILES string of the molecule is N[C@@H](CC(=O)OC(C(=O)O)C(O)C(=O)O)C(=O)O. The number of carboxylic acids is 3. The number of aliphatic hydroxyl groups excluding tert-OH is 1. The molecular formula is C8H11NO9. The van der Waals surface area contributed by atoms with E-state index in [4.69, 9.17) is 26.2 Å². The van der Waals surface area contributed by atoms with Crippen molar-refractivity contribution in [2.45, 2.75) is 24.7 Å². The third-order valence-corrected chi connectivity index (χ3v) is 1.75. The summed E-state index contributed by atoms with van der Waals surface area (Å²) >= 11 is 0. The van der Waals surface area contributed by atoms with Gasteiger partial charge in [-0.1, -0.05) is 0 Å². The Balaban J connectivity index is 4.61. The molecule has 0 saturated heterocycles. The zero-order chi connectivity index (χ0) is 14.5. The average Bonchev–Trinajstić information content (AvgIpc) is 2.24. The molecule has 6 N–H and O–H groups in total. The molecule has 0 aliphatic rings. The molecule has 0 bridgehead atoms. The molecule has 10 nitrogen and oxygen atoms in total. The summed E-state index contributed by atoms with van der Waals surface area (Å²) in [6.07, 6.45) is -5.66. The van der Waals surface area contributed by atoms with E-state index in [1.807, 2.05) is 0 Å². The Morgan fingerprint density at radius 3 is 1.83 bits per heavy atom. The Hall–Kier alpha value is -2.20. The lowest BCUT2D eigenvalue weighted by molar-refractivity contribution is -0.179. The monoisotopic (exact) mass is 265 g/mol. The highest BCUT2D eigenvalue weighted by Crippen LogP contribution is 2.04. The van der Waals surface area contributed by atoms with Gasteiger partial charge in [0.1, 0.15) is 6.04 Å². The zero-order valence-corrected chi connectivity index (χ0v) is 8.85. The van der Waals surface area contributed by atoms with Crippen molar-refractivity contribution in [1.29, 1.82) is 0 Å². The van der Waals surface area contributed by atoms with Crippen LogP contribution < -0.4 is 5.73 Å². The van der Waals surface area contributed by atoms with Gasteiger partial charge in [0.05, 0.1) is 6.42 Å². The normalized spacial score (nSPS) is 15.2. The van der Waals surface area contributed by atoms with Crippen LogP contribution in [0.25, 0.3) is 0 Å². The highest BCUT2D eigenvalue weighted by Gasteiger charge is 2.36. The summed E-state index contributed by atoms with van der Waals surface area (Å²) in [6, 6.07) is -1.62. The zero-order valence-electron chi connectivity index (χ0n) is 8.85. The van der Waals surface area contributed by atoms with Crippen LogP contribution in [0.3, 0.4) is 0 Å². The molecule has 0 spiro atoms. The lowest BCUT2D eigenvalue weighted by atomic mass is 10.2. The first-order chi connectivity index (χ1) is 8.16. The minimum Gasteiger partial charge on any atom is -0.480 e. The van der Waals surface area contributed by atoms with Gasteiger partial charge in [0, 0.05) is 0 Å². The number of esters is 1. The van der Waals surface area contributed by atoms with Crippen LogP contribution in [-0.2, 0) is 23.9 Å². The van der Waals surface area contributed by atoms with E-state index in [1.54, 1.807) is 0 Å². The van der Waals surface area contributed by atoms with Gasteiger partial charge in [-0.3, -0.25) is 9.59 Å². The second-order valence-corrected chi connectivity index (χ2v) is 3.18. The van der Waals surface area contributed by atoms with Crippen molar-refractivity contribution in [2.75, 3.05) is 0 Å². The Bertz CT molecular complexity index is 366. The summed E-state index contributed by atoms with van der Waals surface area (Å²) in [4.78, 5) is 42.3. The first-order valence-electron chi connectivity index (χ1n) is 4.48. The third-order valence-electron chi connectivity index (χ3n) is 1.75. The maximum Gasteiger partial charge on any atom is 0.348 e. The summed E-state index contributed by atoms with van der Waals surface area (Å²) < 4.78 is 4.14. The van der Waals surface area contributed by atoms with Crippen molar-refractivity contribution >= 4 is 23.9 Å². The second-order valence-electron chi connectivity index (χ2n) is 3.18. The van der Waals surface area contributed by atoms with Crippen molar-refractivity contribution in [3.8, 4) is 0 Å². The van der Waals surface area contributed by atoms with Crippen LogP contribution in [0.2, 0.25) is 0 Å². The Morgan fingerprint density at radius 1 is 1.00 bits per heavy atom. The molecule has 0 saturated carbocycles. The Labute approximate surface area is 99.6 Å². The number of aliphatic carboxylic acids is 3. The van der Waals surface area contributed by atoms with Gasteiger partial charge in [0.25, 0.3) is 0 Å². The maximum atomic E-state index is 11.1. The van der Waals surface area contributed by atoms with Crippen LogP contribution >= 0.6 is 0 Å². The minimum absolute atomic E-state index is 0.856. The van der Waals surface area contributed by atoms with E-state index in [-0.39, 0.29) is 0 Å². The summed E-state index contributed by atoms with van der Waals surface area (Å²) in [5.41, 5.74) is 4.98. The van der Waals surface area contributed by atoms with E-state index in [9.17, 15) is 19.2 Å². The van der Waals surface area contributed by atoms with E-state index in [2.05, 4.69) is 4.74 Å². The lowest BCUT2D eigenvalue weighted by Gasteiger charge is -2.16. The smallest absolute Gasteiger partial charge is 0.348 e. The third kappa shape index (κ3) is 4.76. The van der Waals surface area contributed by atoms with Crippen LogP contribution in [0.4, 0.5) is 0 Å². The molecule has 3 atom stereocenters. The standard InChI is InChI=1S/C8H11NO9/c9-2(6(12)13)1-3(10)18-5(8(16)17)4(11)7(14)15/h2,4-5,11H,1,9H2,(H,12,13)(H,14,15)(H,16,17)/t2-,4?,5?/m0/s1. The molecule has 0 aromatic rings. The van der Waals surface area contributed by atoms with Crippen molar-refractivity contribution in [1.82, 2.24) is 0 Å². The molecule has 0 aliphatic carbocycles. The van der Waals surface area contributed by atoms with E-state index in [0.29, 0.717) is 0 Å². The quantitative estimate of drug-likeness (QED) is 0.302. The summed E-state index contributed by atoms with van der Waals surface area (Å²) in [6.45, 7) is 0. The molecule has 10 heteroatoms. The summed E-state index contributed by atoms with van der Waals surface area (Å²) in [5.74, 6) is -6.66. The van der Waals surface area contributed by atoms with Crippen LogP contribution in [0.1, 0.15) is 6.42 Å². The van der Waals surface area contributed by atoms with E-state index >= 15 is 0 Å². The largest absolute Gasteiger partial charge is 0.480 e. The van der Waals surface area contributed by atoms with Crippen molar-refractivity contribution < 1.29 is 44.3 Å². The molecular weight excluding hydrogens is 254 g/mol. The number of carboxylic acid groups (broad SMARTS) is 3. The molecule has 0 heterocycles. The minimum atomic E-state index is -2.47. The molecule has 0 amide bonds. The predicted molar refractivity (Wildman–Crippen MR) is 51.4 cm³/mol. The first-order valence-corrected chi connectivity index (χ1v) is 4.48. The molecule has 0 rings (SSSR count). The molecule has 18 heavy (non-hydrogen) atoms. The van der Waals surface area contributed by atoms with Gasteiger partial charge in [-0.05, 0) is 0 Å². The van der Waals surface area contributed by atoms with Crippen LogP contribution in [0.15, 0.2) is 0 Å². The lowest BCUT2D eigenvalue weighted by Crippen LogP contribution is -2.44. The van der Waals surface area contributed by atoms with Crippen molar-refractivity contribution in [3.63, 3.8) is 0 Å². The number of carbonyl (C=O) groups is 4. The number of hydrogen-bond donors (Lipinski definition) is 5. The Kier molecular flexibility index (Phi) is 5.72. The molecule has 0 aliphatic heterocycles. The van der Waals surface area contributed by atoms with Crippen LogP contribution in [0, 0.1) is 0 Å². The molecule has 102 valence electrons. The van der Waals surface area contributed by atoms with Crippen molar-refractivity contribution in [2.24, 2.45) is 5.73 Å². The predicted octanol–water partition coefficient (Wildman–Crippen LogP) is -2.77. The number of carbonyl (C=O) groups excluding carboxylic acids is 1. The molecule has 0 aromatic carbocycles. The van der Waals surface area contributed by atoms with Crippen LogP contribution in [-0.4, -0.2) is 62.6 Å².